The van der Waals surface area contributed by atoms with Gasteiger partial charge in [0.05, 0.1) is 16.9 Å². The first-order valence-electron chi connectivity index (χ1n) is 8.05. The summed E-state index contributed by atoms with van der Waals surface area (Å²) < 4.78 is 11.8. The number of aromatic hydroxyl groups is 2. The molecular formula is C22H16N2O4. The van der Waals surface area contributed by atoms with Crippen LogP contribution in [0.2, 0.25) is 0 Å². The summed E-state index contributed by atoms with van der Waals surface area (Å²) >= 11 is 0. The molecule has 0 aliphatic heterocycles. The predicted molar refractivity (Wildman–Crippen MR) is 107 cm³/mol. The molecule has 6 nitrogen and oxygen atoms in total. The molecule has 3 aromatic rings. The van der Waals surface area contributed by atoms with Gasteiger partial charge in [-0.3, -0.25) is 0 Å². The smallest absolute Gasteiger partial charge is 0.185 e. The van der Waals surface area contributed by atoms with Crippen molar-refractivity contribution in [2.24, 2.45) is 0 Å². The number of rotatable bonds is 4. The van der Waals surface area contributed by atoms with E-state index in [1.807, 2.05) is 0 Å². The van der Waals surface area contributed by atoms with Gasteiger partial charge in [0, 0.05) is 23.8 Å². The molecule has 0 unspecified atom stereocenters. The minimum absolute atomic E-state index is 0.0647. The quantitative estimate of drug-likeness (QED) is 0.315. The highest BCUT2D eigenvalue weighted by Gasteiger charge is 2.16. The van der Waals surface area contributed by atoms with Crippen LogP contribution in [0.3, 0.4) is 0 Å². The van der Waals surface area contributed by atoms with E-state index in [0.29, 0.717) is 22.6 Å². The van der Waals surface area contributed by atoms with Gasteiger partial charge in [0.1, 0.15) is 23.0 Å². The van der Waals surface area contributed by atoms with Crippen LogP contribution in [0.4, 0.5) is 11.4 Å². The van der Waals surface area contributed by atoms with Gasteiger partial charge in [-0.15, -0.1) is 12.8 Å². The van der Waals surface area contributed by atoms with Crippen LogP contribution in [-0.2, 0) is 0 Å². The van der Waals surface area contributed by atoms with E-state index in [-0.39, 0.29) is 34.4 Å². The van der Waals surface area contributed by atoms with Crippen molar-refractivity contribution in [2.75, 3.05) is 11.5 Å². The minimum Gasteiger partial charge on any atom is -0.506 e. The minimum atomic E-state index is -0.0664. The van der Waals surface area contributed by atoms with Gasteiger partial charge in [0.25, 0.3) is 0 Å². The number of hydrogen-bond acceptors (Lipinski definition) is 6. The highest BCUT2D eigenvalue weighted by Crippen LogP contribution is 2.40. The average Bonchev–Trinajstić information content (AvgIpc) is 2.68. The summed E-state index contributed by atoms with van der Waals surface area (Å²) in [5, 5.41) is 19.2. The van der Waals surface area contributed by atoms with Crippen molar-refractivity contribution in [1.82, 2.24) is 0 Å². The molecule has 0 bridgehead atoms. The van der Waals surface area contributed by atoms with Crippen LogP contribution in [0, 0.1) is 24.7 Å². The fourth-order valence-corrected chi connectivity index (χ4v) is 2.41. The monoisotopic (exact) mass is 372 g/mol. The van der Waals surface area contributed by atoms with Gasteiger partial charge >= 0.3 is 0 Å². The van der Waals surface area contributed by atoms with Crippen molar-refractivity contribution in [3.8, 4) is 59.2 Å². The van der Waals surface area contributed by atoms with Crippen LogP contribution in [0.25, 0.3) is 0 Å². The SMILES string of the molecule is C#Cc1cc(C#C)c(Oc2ccc(O)c(N)c2)c(Oc2ccc(O)c(N)c2)c1. The van der Waals surface area contributed by atoms with E-state index in [4.69, 9.17) is 33.8 Å². The van der Waals surface area contributed by atoms with Crippen LogP contribution < -0.4 is 20.9 Å². The molecule has 0 aliphatic rings. The lowest BCUT2D eigenvalue weighted by atomic mass is 10.1. The van der Waals surface area contributed by atoms with E-state index in [1.165, 1.54) is 36.4 Å². The summed E-state index contributed by atoms with van der Waals surface area (Å²) in [6.45, 7) is 0. The molecule has 0 saturated carbocycles. The Morgan fingerprint density at radius 2 is 1.32 bits per heavy atom. The maximum atomic E-state index is 9.58. The Bertz CT molecular complexity index is 1140. The molecule has 0 radical (unpaired) electrons. The molecule has 0 heterocycles. The Kier molecular flexibility index (Phi) is 4.89. The molecular weight excluding hydrogens is 356 g/mol. The summed E-state index contributed by atoms with van der Waals surface area (Å²) in [7, 11) is 0. The first kappa shape index (κ1) is 18.4. The zero-order valence-corrected chi connectivity index (χ0v) is 14.6. The van der Waals surface area contributed by atoms with Crippen LogP contribution in [0.5, 0.6) is 34.5 Å². The molecule has 138 valence electrons. The number of nitrogen functional groups attached to an aromatic ring is 2. The van der Waals surface area contributed by atoms with Crippen LogP contribution in [0.1, 0.15) is 11.1 Å². The lowest BCUT2D eigenvalue weighted by Gasteiger charge is -2.16. The Balaban J connectivity index is 2.08. The van der Waals surface area contributed by atoms with Gasteiger partial charge in [-0.25, -0.2) is 0 Å². The number of ether oxygens (including phenoxy) is 2. The van der Waals surface area contributed by atoms with Gasteiger partial charge in [-0.2, -0.15) is 0 Å². The number of phenolic OH excluding ortho intramolecular Hbond substituents is 2. The van der Waals surface area contributed by atoms with Gasteiger partial charge in [0.15, 0.2) is 11.5 Å². The van der Waals surface area contributed by atoms with E-state index in [9.17, 15) is 10.2 Å². The van der Waals surface area contributed by atoms with Crippen molar-refractivity contribution < 1.29 is 19.7 Å². The number of nitrogens with two attached hydrogens (primary N) is 2. The van der Waals surface area contributed by atoms with Crippen LogP contribution in [0.15, 0.2) is 48.5 Å². The molecule has 0 atom stereocenters. The van der Waals surface area contributed by atoms with Gasteiger partial charge in [0.2, 0.25) is 0 Å². The first-order valence-corrected chi connectivity index (χ1v) is 8.05. The largest absolute Gasteiger partial charge is 0.506 e. The first-order chi connectivity index (χ1) is 13.4. The number of terminal acetylenes is 2. The van der Waals surface area contributed by atoms with Gasteiger partial charge < -0.3 is 31.2 Å². The molecule has 3 rings (SSSR count). The van der Waals surface area contributed by atoms with Crippen molar-refractivity contribution in [3.05, 3.63) is 59.7 Å². The third kappa shape index (κ3) is 3.72. The topological polar surface area (TPSA) is 111 Å². The summed E-state index contributed by atoms with van der Waals surface area (Å²) in [5.74, 6) is 6.07. The van der Waals surface area contributed by atoms with Crippen molar-refractivity contribution in [3.63, 3.8) is 0 Å². The summed E-state index contributed by atoms with van der Waals surface area (Å²) in [5.41, 5.74) is 12.6. The van der Waals surface area contributed by atoms with Crippen molar-refractivity contribution in [2.45, 2.75) is 0 Å². The molecule has 0 amide bonds. The van der Waals surface area contributed by atoms with E-state index in [1.54, 1.807) is 12.1 Å². The van der Waals surface area contributed by atoms with E-state index < -0.39 is 0 Å². The molecule has 0 spiro atoms. The molecule has 0 fully saturated rings. The average molecular weight is 372 g/mol. The van der Waals surface area contributed by atoms with E-state index in [2.05, 4.69) is 11.8 Å². The molecule has 0 aromatic heterocycles. The fraction of sp³-hybridized carbons (Fsp3) is 0. The standard InChI is InChI=1S/C22H16N2O4/c1-3-13-9-14(4-2)22(28-16-6-8-20(26)18(24)12-16)21(10-13)27-15-5-7-19(25)17(23)11-15/h1-2,5-12,25-26H,23-24H2. The van der Waals surface area contributed by atoms with E-state index in [0.717, 1.165) is 0 Å². The van der Waals surface area contributed by atoms with Gasteiger partial charge in [-0.1, -0.05) is 11.8 Å². The zero-order valence-electron chi connectivity index (χ0n) is 14.6. The lowest BCUT2D eigenvalue weighted by molar-refractivity contribution is 0.416. The van der Waals surface area contributed by atoms with Crippen LogP contribution >= 0.6 is 0 Å². The summed E-state index contributed by atoms with van der Waals surface area (Å²) in [6, 6.07) is 12.0. The third-order valence-corrected chi connectivity index (χ3v) is 3.82. The predicted octanol–water partition coefficient (Wildman–Crippen LogP) is 3.81. The normalized spacial score (nSPS) is 9.93. The molecule has 0 saturated heterocycles. The highest BCUT2D eigenvalue weighted by atomic mass is 16.5. The maximum absolute atomic E-state index is 9.58. The van der Waals surface area contributed by atoms with Crippen LogP contribution in [-0.4, -0.2) is 10.2 Å². The van der Waals surface area contributed by atoms with E-state index >= 15 is 0 Å². The molecule has 6 heteroatoms. The lowest BCUT2D eigenvalue weighted by Crippen LogP contribution is -1.96. The Hall–Kier alpha value is -4.42. The summed E-state index contributed by atoms with van der Waals surface area (Å²) in [6.07, 6.45) is 11.1. The highest BCUT2D eigenvalue weighted by molar-refractivity contribution is 5.63. The Morgan fingerprint density at radius 1 is 0.750 bits per heavy atom. The second-order valence-corrected chi connectivity index (χ2v) is 5.79. The van der Waals surface area contributed by atoms with Gasteiger partial charge in [-0.05, 0) is 30.3 Å². The fourth-order valence-electron chi connectivity index (χ4n) is 2.41. The molecule has 0 aliphatic carbocycles. The number of benzene rings is 3. The van der Waals surface area contributed by atoms with Crippen molar-refractivity contribution >= 4 is 11.4 Å². The maximum Gasteiger partial charge on any atom is 0.185 e. The summed E-state index contributed by atoms with van der Waals surface area (Å²) in [4.78, 5) is 0. The van der Waals surface area contributed by atoms with Crippen molar-refractivity contribution in [1.29, 1.82) is 0 Å². The zero-order chi connectivity index (χ0) is 20.3. The molecule has 3 aromatic carbocycles. The Labute approximate surface area is 161 Å². The number of phenols is 2. The Morgan fingerprint density at radius 3 is 1.82 bits per heavy atom. The third-order valence-electron chi connectivity index (χ3n) is 3.82. The number of hydrogen-bond donors (Lipinski definition) is 4. The molecule has 6 N–H and O–H groups in total. The molecule has 28 heavy (non-hydrogen) atoms. The number of anilines is 2. The second kappa shape index (κ2) is 7.45. The second-order valence-electron chi connectivity index (χ2n) is 5.79.